The number of ether oxygens (including phenoxy) is 1. The number of amides is 3. The minimum absolute atomic E-state index is 0.00496. The van der Waals surface area contributed by atoms with Crippen molar-refractivity contribution in [1.82, 2.24) is 9.80 Å². The molecule has 1 fully saturated rings. The number of fused-ring (bicyclic) bond motifs is 1. The van der Waals surface area contributed by atoms with Crippen LogP contribution in [0.15, 0.2) is 12.1 Å². The summed E-state index contributed by atoms with van der Waals surface area (Å²) < 4.78 is 43.2. The number of nitrogens with zero attached hydrogens (tertiary/aromatic N) is 2. The van der Waals surface area contributed by atoms with Crippen LogP contribution in [0.2, 0.25) is 0 Å². The molecule has 0 saturated carbocycles. The maximum absolute atomic E-state index is 12.8. The predicted octanol–water partition coefficient (Wildman–Crippen LogP) is 3.41. The smallest absolute Gasteiger partial charge is 0.453 e. The SMILES string of the molecule is CNc1cc2c(cc1NC(=O)CCC1CCN(C(=O)OC)CC1)CCN(C(=O)C(F)(F)F)CC2. The number of hydrogen-bond donors (Lipinski definition) is 2. The third-order valence-corrected chi connectivity index (χ3v) is 6.54. The lowest BCUT2D eigenvalue weighted by molar-refractivity contribution is -0.185. The third kappa shape index (κ3) is 6.32. The highest BCUT2D eigenvalue weighted by Crippen LogP contribution is 2.30. The van der Waals surface area contributed by atoms with Crippen molar-refractivity contribution in [2.24, 2.45) is 5.92 Å². The first-order valence-electron chi connectivity index (χ1n) is 11.4. The molecule has 11 heteroatoms. The van der Waals surface area contributed by atoms with Crippen LogP contribution >= 0.6 is 0 Å². The molecule has 2 N–H and O–H groups in total. The summed E-state index contributed by atoms with van der Waals surface area (Å²) in [5.41, 5.74) is 2.93. The van der Waals surface area contributed by atoms with Gasteiger partial charge in [0, 0.05) is 39.6 Å². The van der Waals surface area contributed by atoms with Crippen molar-refractivity contribution in [3.63, 3.8) is 0 Å². The molecule has 2 aliphatic rings. The number of anilines is 2. The zero-order valence-corrected chi connectivity index (χ0v) is 19.5. The van der Waals surface area contributed by atoms with E-state index in [2.05, 4.69) is 10.6 Å². The molecule has 0 bridgehead atoms. The molecule has 0 aliphatic carbocycles. The summed E-state index contributed by atoms with van der Waals surface area (Å²) in [6.07, 6.45) is -1.96. The number of carbonyl (C=O) groups excluding carboxylic acids is 3. The molecular weight excluding hydrogens is 453 g/mol. The van der Waals surface area contributed by atoms with Gasteiger partial charge in [-0.15, -0.1) is 0 Å². The Balaban J connectivity index is 1.57. The lowest BCUT2D eigenvalue weighted by Crippen LogP contribution is -2.42. The number of rotatable bonds is 5. The first-order valence-corrected chi connectivity index (χ1v) is 11.4. The second kappa shape index (κ2) is 11.0. The van der Waals surface area contributed by atoms with Crippen LogP contribution in [0, 0.1) is 5.92 Å². The van der Waals surface area contributed by atoms with Gasteiger partial charge in [-0.05, 0) is 61.3 Å². The van der Waals surface area contributed by atoms with Crippen molar-refractivity contribution >= 4 is 29.3 Å². The van der Waals surface area contributed by atoms with Gasteiger partial charge in [-0.25, -0.2) is 4.79 Å². The monoisotopic (exact) mass is 484 g/mol. The van der Waals surface area contributed by atoms with Crippen molar-refractivity contribution in [3.05, 3.63) is 23.3 Å². The summed E-state index contributed by atoms with van der Waals surface area (Å²) in [6, 6.07) is 3.62. The average molecular weight is 485 g/mol. The Bertz CT molecular complexity index is 914. The Morgan fingerprint density at radius 3 is 2.12 bits per heavy atom. The van der Waals surface area contributed by atoms with Gasteiger partial charge in [0.25, 0.3) is 0 Å². The van der Waals surface area contributed by atoms with E-state index in [0.717, 1.165) is 28.9 Å². The highest BCUT2D eigenvalue weighted by Gasteiger charge is 2.42. The normalized spacial score (nSPS) is 17.0. The molecule has 1 aromatic rings. The fourth-order valence-electron chi connectivity index (χ4n) is 4.55. The Morgan fingerprint density at radius 2 is 1.59 bits per heavy atom. The van der Waals surface area contributed by atoms with Crippen LogP contribution < -0.4 is 10.6 Å². The molecule has 2 heterocycles. The van der Waals surface area contributed by atoms with Crippen molar-refractivity contribution in [2.75, 3.05) is 51.0 Å². The maximum atomic E-state index is 12.8. The second-order valence-electron chi connectivity index (χ2n) is 8.69. The average Bonchev–Trinajstić information content (AvgIpc) is 3.03. The number of alkyl halides is 3. The standard InChI is InChI=1S/C23H31F3N4O4/c1-27-18-13-16-7-11-29(21(32)23(24,25)26)12-8-17(16)14-19(18)28-20(31)4-3-15-5-9-30(10-6-15)22(33)34-2/h13-15,27H,3-12H2,1-2H3,(H,28,31). The number of nitrogens with one attached hydrogen (secondary N) is 2. The summed E-state index contributed by atoms with van der Waals surface area (Å²) in [6.45, 7) is 1.19. The molecule has 0 radical (unpaired) electrons. The van der Waals surface area contributed by atoms with Crippen LogP contribution in [0.4, 0.5) is 29.3 Å². The minimum atomic E-state index is -4.89. The molecule has 0 aromatic heterocycles. The lowest BCUT2D eigenvalue weighted by Gasteiger charge is -2.30. The van der Waals surface area contributed by atoms with Crippen molar-refractivity contribution < 1.29 is 32.3 Å². The van der Waals surface area contributed by atoms with Gasteiger partial charge in [0.1, 0.15) is 0 Å². The zero-order valence-electron chi connectivity index (χ0n) is 19.5. The number of hydrogen-bond acceptors (Lipinski definition) is 5. The molecular formula is C23H31F3N4O4. The number of likely N-dealkylation sites (tertiary alicyclic amines) is 1. The first kappa shape index (κ1) is 25.6. The fourth-order valence-corrected chi connectivity index (χ4v) is 4.55. The molecule has 1 saturated heterocycles. The minimum Gasteiger partial charge on any atom is -0.453 e. The highest BCUT2D eigenvalue weighted by molar-refractivity contribution is 5.94. The third-order valence-electron chi connectivity index (χ3n) is 6.54. The first-order chi connectivity index (χ1) is 16.1. The number of benzene rings is 1. The van der Waals surface area contributed by atoms with Gasteiger partial charge in [-0.3, -0.25) is 9.59 Å². The summed E-state index contributed by atoms with van der Waals surface area (Å²) in [4.78, 5) is 38.3. The summed E-state index contributed by atoms with van der Waals surface area (Å²) in [7, 11) is 3.07. The number of piperidine rings is 1. The van der Waals surface area contributed by atoms with Crippen LogP contribution in [-0.2, 0) is 27.2 Å². The fraction of sp³-hybridized carbons (Fsp3) is 0.609. The van der Waals surface area contributed by atoms with Crippen LogP contribution in [0.1, 0.15) is 36.8 Å². The second-order valence-corrected chi connectivity index (χ2v) is 8.69. The van der Waals surface area contributed by atoms with Crippen LogP contribution in [0.25, 0.3) is 0 Å². The molecule has 0 atom stereocenters. The van der Waals surface area contributed by atoms with Gasteiger partial charge < -0.3 is 25.2 Å². The number of methoxy groups -OCH3 is 1. The maximum Gasteiger partial charge on any atom is 0.471 e. The van der Waals surface area contributed by atoms with E-state index in [1.54, 1.807) is 18.0 Å². The van der Waals surface area contributed by atoms with Crippen molar-refractivity contribution in [1.29, 1.82) is 0 Å². The quantitative estimate of drug-likeness (QED) is 0.669. The van der Waals surface area contributed by atoms with E-state index in [0.29, 0.717) is 49.6 Å². The lowest BCUT2D eigenvalue weighted by atomic mass is 9.92. The Hall–Kier alpha value is -2.98. The van der Waals surface area contributed by atoms with Crippen LogP contribution in [0.3, 0.4) is 0 Å². The molecule has 3 rings (SSSR count). The Morgan fingerprint density at radius 1 is 1.00 bits per heavy atom. The predicted molar refractivity (Wildman–Crippen MR) is 121 cm³/mol. The van der Waals surface area contributed by atoms with E-state index in [9.17, 15) is 27.6 Å². The molecule has 1 aromatic carbocycles. The summed E-state index contributed by atoms with van der Waals surface area (Å²) in [5.74, 6) is -1.62. The molecule has 8 nitrogen and oxygen atoms in total. The van der Waals surface area contributed by atoms with Crippen molar-refractivity contribution in [3.8, 4) is 0 Å². The van der Waals surface area contributed by atoms with Gasteiger partial charge in [0.15, 0.2) is 0 Å². The van der Waals surface area contributed by atoms with Gasteiger partial charge in [0.2, 0.25) is 5.91 Å². The van der Waals surface area contributed by atoms with E-state index >= 15 is 0 Å². The van der Waals surface area contributed by atoms with Crippen LogP contribution in [0.5, 0.6) is 0 Å². The molecule has 2 aliphatic heterocycles. The van der Waals surface area contributed by atoms with Gasteiger partial charge in [-0.1, -0.05) is 0 Å². The van der Waals surface area contributed by atoms with Crippen LogP contribution in [-0.4, -0.2) is 74.2 Å². The van der Waals surface area contributed by atoms with Crippen molar-refractivity contribution in [2.45, 2.75) is 44.7 Å². The largest absolute Gasteiger partial charge is 0.471 e. The molecule has 188 valence electrons. The van der Waals surface area contributed by atoms with E-state index < -0.39 is 12.1 Å². The van der Waals surface area contributed by atoms with Gasteiger partial charge in [0.05, 0.1) is 18.5 Å². The van der Waals surface area contributed by atoms with E-state index in [1.807, 2.05) is 6.07 Å². The molecule has 3 amide bonds. The molecule has 0 unspecified atom stereocenters. The highest BCUT2D eigenvalue weighted by atomic mass is 19.4. The van der Waals surface area contributed by atoms with Gasteiger partial charge in [-0.2, -0.15) is 13.2 Å². The van der Waals surface area contributed by atoms with E-state index in [-0.39, 0.29) is 31.5 Å². The van der Waals surface area contributed by atoms with E-state index in [1.165, 1.54) is 7.11 Å². The topological polar surface area (TPSA) is 91.0 Å². The Kier molecular flexibility index (Phi) is 8.27. The Labute approximate surface area is 196 Å². The number of halogens is 3. The van der Waals surface area contributed by atoms with E-state index in [4.69, 9.17) is 4.74 Å². The number of carbonyl (C=O) groups is 3. The summed E-state index contributed by atoms with van der Waals surface area (Å²) in [5, 5.41) is 5.95. The summed E-state index contributed by atoms with van der Waals surface area (Å²) >= 11 is 0. The zero-order chi connectivity index (χ0) is 24.9. The molecule has 34 heavy (non-hydrogen) atoms. The van der Waals surface area contributed by atoms with Gasteiger partial charge >= 0.3 is 18.2 Å². The molecule has 0 spiro atoms.